The highest BCUT2D eigenvalue weighted by Crippen LogP contribution is 2.45. The van der Waals surface area contributed by atoms with Crippen molar-refractivity contribution in [3.05, 3.63) is 35.9 Å². The topological polar surface area (TPSA) is 76.2 Å². The van der Waals surface area contributed by atoms with Crippen molar-refractivity contribution in [1.82, 2.24) is 24.5 Å². The van der Waals surface area contributed by atoms with Gasteiger partial charge in [-0.25, -0.2) is 0 Å². The molecule has 23 heavy (non-hydrogen) atoms. The Morgan fingerprint density at radius 2 is 1.96 bits per heavy atom. The SMILES string of the molecule is Cn1ccc(C(=O)N2C3CCC2CC(O)(c2ccnn2C)C3)n1. The third-order valence-corrected chi connectivity index (χ3v) is 5.23. The number of aryl methyl sites for hydroxylation is 2. The summed E-state index contributed by atoms with van der Waals surface area (Å²) in [6.45, 7) is 0. The van der Waals surface area contributed by atoms with Gasteiger partial charge in [-0.2, -0.15) is 10.2 Å². The third kappa shape index (κ3) is 2.18. The number of carbonyl (C=O) groups is 1. The summed E-state index contributed by atoms with van der Waals surface area (Å²) in [7, 11) is 3.66. The molecular formula is C16H21N5O2. The molecule has 1 N–H and O–H groups in total. The van der Waals surface area contributed by atoms with E-state index in [0.29, 0.717) is 18.5 Å². The maximum absolute atomic E-state index is 12.8. The molecule has 2 bridgehead atoms. The van der Waals surface area contributed by atoms with Gasteiger partial charge in [0.25, 0.3) is 5.91 Å². The van der Waals surface area contributed by atoms with Crippen molar-refractivity contribution < 1.29 is 9.90 Å². The number of rotatable bonds is 2. The molecule has 4 rings (SSSR count). The smallest absolute Gasteiger partial charge is 0.274 e. The molecule has 2 atom stereocenters. The highest BCUT2D eigenvalue weighted by Gasteiger charge is 2.51. The number of piperidine rings is 1. The second-order valence-electron chi connectivity index (χ2n) is 6.75. The molecule has 4 heterocycles. The van der Waals surface area contributed by atoms with Gasteiger partial charge in [0, 0.05) is 51.4 Å². The van der Waals surface area contributed by atoms with Crippen molar-refractivity contribution in [2.45, 2.75) is 43.4 Å². The van der Waals surface area contributed by atoms with Crippen LogP contribution < -0.4 is 0 Å². The van der Waals surface area contributed by atoms with E-state index in [1.807, 2.05) is 25.1 Å². The van der Waals surface area contributed by atoms with Crippen molar-refractivity contribution >= 4 is 5.91 Å². The molecular weight excluding hydrogens is 294 g/mol. The van der Waals surface area contributed by atoms with Gasteiger partial charge in [0.15, 0.2) is 0 Å². The number of hydrogen-bond acceptors (Lipinski definition) is 4. The summed E-state index contributed by atoms with van der Waals surface area (Å²) in [6, 6.07) is 3.74. The second-order valence-corrected chi connectivity index (χ2v) is 6.75. The molecule has 2 unspecified atom stereocenters. The first kappa shape index (κ1) is 14.4. The van der Waals surface area contributed by atoms with E-state index in [0.717, 1.165) is 18.5 Å². The van der Waals surface area contributed by atoms with Crippen LogP contribution in [0.15, 0.2) is 24.5 Å². The minimum atomic E-state index is -0.905. The highest BCUT2D eigenvalue weighted by atomic mass is 16.3. The predicted molar refractivity (Wildman–Crippen MR) is 82.5 cm³/mol. The van der Waals surface area contributed by atoms with Gasteiger partial charge in [-0.05, 0) is 25.0 Å². The average Bonchev–Trinajstić information content (AvgIpc) is 3.18. The fraction of sp³-hybridized carbons (Fsp3) is 0.562. The molecule has 1 amide bonds. The number of aliphatic hydroxyl groups is 1. The van der Waals surface area contributed by atoms with Crippen LogP contribution in [-0.2, 0) is 19.7 Å². The largest absolute Gasteiger partial charge is 0.383 e. The quantitative estimate of drug-likeness (QED) is 0.890. The van der Waals surface area contributed by atoms with E-state index in [2.05, 4.69) is 10.2 Å². The van der Waals surface area contributed by atoms with Crippen LogP contribution in [0.3, 0.4) is 0 Å². The van der Waals surface area contributed by atoms with Gasteiger partial charge in [-0.1, -0.05) is 0 Å². The standard InChI is InChI=1S/C16H21N5O2/c1-19-8-6-13(18-19)15(22)21-11-3-4-12(21)10-16(23,9-11)14-5-7-17-20(14)2/h5-8,11-12,23H,3-4,9-10H2,1-2H3. The number of nitrogens with zero attached hydrogens (tertiary/aromatic N) is 5. The van der Waals surface area contributed by atoms with Crippen LogP contribution in [0.1, 0.15) is 41.9 Å². The first-order valence-electron chi connectivity index (χ1n) is 8.01. The molecule has 2 fully saturated rings. The molecule has 0 aromatic carbocycles. The summed E-state index contributed by atoms with van der Waals surface area (Å²) < 4.78 is 3.38. The van der Waals surface area contributed by atoms with E-state index in [4.69, 9.17) is 0 Å². The Morgan fingerprint density at radius 1 is 1.26 bits per heavy atom. The molecule has 2 aromatic heterocycles. The maximum Gasteiger partial charge on any atom is 0.274 e. The number of fused-ring (bicyclic) bond motifs is 2. The van der Waals surface area contributed by atoms with Crippen LogP contribution in [0, 0.1) is 0 Å². The molecule has 2 aliphatic heterocycles. The summed E-state index contributed by atoms with van der Waals surface area (Å²) in [6.07, 6.45) is 6.47. The Morgan fingerprint density at radius 3 is 2.48 bits per heavy atom. The monoisotopic (exact) mass is 315 g/mol. The zero-order valence-corrected chi connectivity index (χ0v) is 13.4. The molecule has 0 saturated carbocycles. The van der Waals surface area contributed by atoms with E-state index in [1.54, 1.807) is 27.8 Å². The van der Waals surface area contributed by atoms with Gasteiger partial charge in [-0.15, -0.1) is 0 Å². The van der Waals surface area contributed by atoms with Crippen molar-refractivity contribution in [2.75, 3.05) is 0 Å². The van der Waals surface area contributed by atoms with Crippen LogP contribution in [0.2, 0.25) is 0 Å². The molecule has 2 aromatic rings. The Hall–Kier alpha value is -2.15. The van der Waals surface area contributed by atoms with E-state index in [1.165, 1.54) is 0 Å². The lowest BCUT2D eigenvalue weighted by Crippen LogP contribution is -2.52. The molecule has 0 spiro atoms. The normalized spacial score (nSPS) is 30.0. The van der Waals surface area contributed by atoms with Crippen LogP contribution in [0.4, 0.5) is 0 Å². The van der Waals surface area contributed by atoms with Gasteiger partial charge in [-0.3, -0.25) is 14.2 Å². The van der Waals surface area contributed by atoms with Crippen molar-refractivity contribution in [1.29, 1.82) is 0 Å². The lowest BCUT2D eigenvalue weighted by atomic mass is 9.83. The molecule has 2 saturated heterocycles. The van der Waals surface area contributed by atoms with Gasteiger partial charge >= 0.3 is 0 Å². The molecule has 0 aliphatic carbocycles. The molecule has 7 heteroatoms. The second kappa shape index (κ2) is 4.92. The Balaban J connectivity index is 1.61. The van der Waals surface area contributed by atoms with E-state index in [-0.39, 0.29) is 18.0 Å². The summed E-state index contributed by atoms with van der Waals surface area (Å²) >= 11 is 0. The highest BCUT2D eigenvalue weighted by molar-refractivity contribution is 5.93. The summed E-state index contributed by atoms with van der Waals surface area (Å²) in [5, 5.41) is 19.6. The van der Waals surface area contributed by atoms with Gasteiger partial charge in [0.1, 0.15) is 11.3 Å². The lowest BCUT2D eigenvalue weighted by molar-refractivity contribution is -0.0532. The molecule has 7 nitrogen and oxygen atoms in total. The molecule has 0 radical (unpaired) electrons. The maximum atomic E-state index is 12.8. The zero-order chi connectivity index (χ0) is 16.2. The van der Waals surface area contributed by atoms with Crippen LogP contribution in [0.25, 0.3) is 0 Å². The minimum absolute atomic E-state index is 0.0230. The van der Waals surface area contributed by atoms with Crippen molar-refractivity contribution in [3.63, 3.8) is 0 Å². The summed E-state index contributed by atoms with van der Waals surface area (Å²) in [5.74, 6) is -0.0230. The van der Waals surface area contributed by atoms with E-state index < -0.39 is 5.60 Å². The fourth-order valence-electron chi connectivity index (χ4n) is 4.26. The average molecular weight is 315 g/mol. The zero-order valence-electron chi connectivity index (χ0n) is 13.4. The first-order chi connectivity index (χ1) is 11.0. The van der Waals surface area contributed by atoms with Crippen molar-refractivity contribution in [3.8, 4) is 0 Å². The summed E-state index contributed by atoms with van der Waals surface area (Å²) in [5.41, 5.74) is 0.410. The van der Waals surface area contributed by atoms with E-state index >= 15 is 0 Å². The van der Waals surface area contributed by atoms with Crippen LogP contribution in [0.5, 0.6) is 0 Å². The Labute approximate surface area is 134 Å². The number of hydrogen-bond donors (Lipinski definition) is 1. The van der Waals surface area contributed by atoms with Crippen molar-refractivity contribution in [2.24, 2.45) is 14.1 Å². The summed E-state index contributed by atoms with van der Waals surface area (Å²) in [4.78, 5) is 14.7. The number of aromatic nitrogens is 4. The number of carbonyl (C=O) groups excluding carboxylic acids is 1. The van der Waals surface area contributed by atoms with E-state index in [9.17, 15) is 9.90 Å². The van der Waals surface area contributed by atoms with Crippen LogP contribution >= 0.6 is 0 Å². The fourth-order valence-corrected chi connectivity index (χ4v) is 4.26. The van der Waals surface area contributed by atoms with Gasteiger partial charge in [0.2, 0.25) is 0 Å². The molecule has 2 aliphatic rings. The van der Waals surface area contributed by atoms with Gasteiger partial charge in [0.05, 0.1) is 5.69 Å². The minimum Gasteiger partial charge on any atom is -0.383 e. The van der Waals surface area contributed by atoms with Gasteiger partial charge < -0.3 is 10.0 Å². The first-order valence-corrected chi connectivity index (χ1v) is 8.01. The third-order valence-electron chi connectivity index (χ3n) is 5.23. The Kier molecular flexibility index (Phi) is 3.09. The Bertz CT molecular complexity index is 735. The molecule has 122 valence electrons. The lowest BCUT2D eigenvalue weighted by Gasteiger charge is -2.43. The van der Waals surface area contributed by atoms with Crippen LogP contribution in [-0.4, -0.2) is 47.6 Å². The number of amides is 1. The predicted octanol–water partition coefficient (Wildman–Crippen LogP) is 0.808.